The normalized spacial score (nSPS) is 11.5. The Bertz CT molecular complexity index is 1320. The quantitative estimate of drug-likeness (QED) is 0.256. The van der Waals surface area contributed by atoms with Crippen LogP contribution in [0.1, 0.15) is 32.3 Å². The summed E-state index contributed by atoms with van der Waals surface area (Å²) in [5.74, 6) is -0.304. The molecule has 0 aliphatic rings. The number of carbonyl (C=O) groups excluding carboxylic acids is 2. The van der Waals surface area contributed by atoms with Crippen LogP contribution in [0.2, 0.25) is 5.02 Å². The van der Waals surface area contributed by atoms with E-state index in [0.717, 1.165) is 21.6 Å². The van der Waals surface area contributed by atoms with E-state index in [1.54, 1.807) is 18.2 Å². The zero-order valence-electron chi connectivity index (χ0n) is 19.4. The summed E-state index contributed by atoms with van der Waals surface area (Å²) in [6.45, 7) is 3.90. The van der Waals surface area contributed by atoms with E-state index < -0.39 is 5.25 Å². The van der Waals surface area contributed by atoms with Crippen molar-refractivity contribution in [2.24, 2.45) is 0 Å². The molecule has 4 aromatic rings. The lowest BCUT2D eigenvalue weighted by Crippen LogP contribution is -2.19. The Hall–Kier alpha value is -3.54. The summed E-state index contributed by atoms with van der Waals surface area (Å²) in [5, 5.41) is 6.04. The van der Waals surface area contributed by atoms with Gasteiger partial charge < -0.3 is 10.6 Å². The Morgan fingerprint density at radius 2 is 1.43 bits per heavy atom. The summed E-state index contributed by atoms with van der Waals surface area (Å²) in [4.78, 5) is 26.7. The monoisotopic (exact) mass is 500 g/mol. The number of amides is 2. The first-order valence-corrected chi connectivity index (χ1v) is 12.4. The van der Waals surface area contributed by atoms with Gasteiger partial charge in [0.2, 0.25) is 5.91 Å². The highest BCUT2D eigenvalue weighted by molar-refractivity contribution is 8.00. The van der Waals surface area contributed by atoms with Crippen molar-refractivity contribution >= 4 is 46.6 Å². The van der Waals surface area contributed by atoms with E-state index in [4.69, 9.17) is 11.6 Å². The van der Waals surface area contributed by atoms with Crippen LogP contribution in [0.5, 0.6) is 0 Å². The fourth-order valence-electron chi connectivity index (χ4n) is 3.44. The number of aryl methyl sites for hydroxylation is 2. The molecule has 176 valence electrons. The highest BCUT2D eigenvalue weighted by Gasteiger charge is 2.22. The lowest BCUT2D eigenvalue weighted by atomic mass is 10.1. The van der Waals surface area contributed by atoms with Gasteiger partial charge in [-0.05, 0) is 73.5 Å². The summed E-state index contributed by atoms with van der Waals surface area (Å²) in [7, 11) is 0. The average molecular weight is 501 g/mol. The molecule has 1 atom stereocenters. The molecule has 0 radical (unpaired) electrons. The molecule has 4 nitrogen and oxygen atoms in total. The summed E-state index contributed by atoms with van der Waals surface area (Å²) < 4.78 is 0. The summed E-state index contributed by atoms with van der Waals surface area (Å²) in [6, 6.07) is 30.0. The van der Waals surface area contributed by atoms with Gasteiger partial charge in [0, 0.05) is 26.9 Å². The second-order valence-corrected chi connectivity index (χ2v) is 9.79. The molecule has 4 aromatic carbocycles. The SMILES string of the molecule is Cc1ccc(C(=O)Nc2ccc(SC(C(=O)Nc3ccc(C)c(Cl)c3)c3ccccc3)cc2)cc1. The fourth-order valence-corrected chi connectivity index (χ4v) is 4.65. The first-order chi connectivity index (χ1) is 16.9. The Morgan fingerprint density at radius 3 is 2.09 bits per heavy atom. The van der Waals surface area contributed by atoms with Gasteiger partial charge in [-0.1, -0.05) is 65.7 Å². The molecule has 0 heterocycles. The van der Waals surface area contributed by atoms with Crippen LogP contribution in [0.4, 0.5) is 11.4 Å². The highest BCUT2D eigenvalue weighted by atomic mass is 35.5. The van der Waals surface area contributed by atoms with E-state index >= 15 is 0 Å². The smallest absolute Gasteiger partial charge is 0.255 e. The van der Waals surface area contributed by atoms with Crippen molar-refractivity contribution in [1.29, 1.82) is 0 Å². The lowest BCUT2D eigenvalue weighted by Gasteiger charge is -2.18. The fraction of sp³-hybridized carbons (Fsp3) is 0.103. The number of rotatable bonds is 7. The molecule has 0 bridgehead atoms. The predicted molar refractivity (Wildman–Crippen MR) is 145 cm³/mol. The van der Waals surface area contributed by atoms with Gasteiger partial charge in [0.25, 0.3) is 5.91 Å². The maximum Gasteiger partial charge on any atom is 0.255 e. The first-order valence-electron chi connectivity index (χ1n) is 11.2. The zero-order valence-corrected chi connectivity index (χ0v) is 21.0. The highest BCUT2D eigenvalue weighted by Crippen LogP contribution is 2.37. The second-order valence-electron chi connectivity index (χ2n) is 8.21. The number of carbonyl (C=O) groups is 2. The molecule has 0 aliphatic heterocycles. The molecule has 6 heteroatoms. The molecule has 0 spiro atoms. The van der Waals surface area contributed by atoms with Gasteiger partial charge in [0.15, 0.2) is 0 Å². The minimum atomic E-state index is -0.468. The molecule has 0 saturated heterocycles. The molecule has 1 unspecified atom stereocenters. The zero-order chi connectivity index (χ0) is 24.8. The minimum absolute atomic E-state index is 0.141. The summed E-state index contributed by atoms with van der Waals surface area (Å²) in [5.41, 5.74) is 4.89. The molecule has 0 aliphatic carbocycles. The van der Waals surface area contributed by atoms with Crippen LogP contribution in [0.25, 0.3) is 0 Å². The van der Waals surface area contributed by atoms with E-state index in [1.165, 1.54) is 11.8 Å². The van der Waals surface area contributed by atoms with Crippen molar-refractivity contribution in [2.75, 3.05) is 10.6 Å². The van der Waals surface area contributed by atoms with E-state index in [9.17, 15) is 9.59 Å². The van der Waals surface area contributed by atoms with Gasteiger partial charge in [0.05, 0.1) is 0 Å². The predicted octanol–water partition coefficient (Wildman–Crippen LogP) is 7.68. The van der Waals surface area contributed by atoms with Gasteiger partial charge in [-0.2, -0.15) is 0 Å². The molecule has 4 rings (SSSR count). The topological polar surface area (TPSA) is 58.2 Å². The third kappa shape index (κ3) is 6.53. The van der Waals surface area contributed by atoms with Crippen LogP contribution in [0, 0.1) is 13.8 Å². The minimum Gasteiger partial charge on any atom is -0.325 e. The van der Waals surface area contributed by atoms with E-state index in [-0.39, 0.29) is 11.8 Å². The third-order valence-electron chi connectivity index (χ3n) is 5.46. The number of nitrogens with one attached hydrogen (secondary N) is 2. The molecule has 0 aromatic heterocycles. The molecule has 35 heavy (non-hydrogen) atoms. The Balaban J connectivity index is 1.48. The van der Waals surface area contributed by atoms with Crippen LogP contribution in [-0.2, 0) is 4.79 Å². The summed E-state index contributed by atoms with van der Waals surface area (Å²) in [6.07, 6.45) is 0. The van der Waals surface area contributed by atoms with Gasteiger partial charge >= 0.3 is 0 Å². The second kappa shape index (κ2) is 11.3. The largest absolute Gasteiger partial charge is 0.325 e. The number of hydrogen-bond donors (Lipinski definition) is 2. The van der Waals surface area contributed by atoms with E-state index in [0.29, 0.717) is 22.0 Å². The van der Waals surface area contributed by atoms with Crippen molar-refractivity contribution in [1.82, 2.24) is 0 Å². The number of anilines is 2. The Morgan fingerprint density at radius 1 is 0.771 bits per heavy atom. The summed E-state index contributed by atoms with van der Waals surface area (Å²) >= 11 is 7.68. The number of halogens is 1. The number of thioether (sulfide) groups is 1. The van der Waals surface area contributed by atoms with E-state index in [2.05, 4.69) is 10.6 Å². The molecule has 0 fully saturated rings. The van der Waals surface area contributed by atoms with Gasteiger partial charge in [-0.15, -0.1) is 11.8 Å². The van der Waals surface area contributed by atoms with Crippen molar-refractivity contribution in [3.63, 3.8) is 0 Å². The number of benzene rings is 4. The maximum absolute atomic E-state index is 13.3. The Labute approximate surface area is 214 Å². The average Bonchev–Trinajstić information content (AvgIpc) is 2.86. The van der Waals surface area contributed by atoms with Crippen molar-refractivity contribution in [3.05, 3.63) is 124 Å². The van der Waals surface area contributed by atoms with Crippen LogP contribution >= 0.6 is 23.4 Å². The van der Waals surface area contributed by atoms with Gasteiger partial charge in [-0.25, -0.2) is 0 Å². The molecular formula is C29H25ClN2O2S. The standard InChI is InChI=1S/C29H25ClN2O2S/c1-19-8-11-22(12-9-19)28(33)31-23-14-16-25(17-15-23)35-27(21-6-4-3-5-7-21)29(34)32-24-13-10-20(2)26(30)18-24/h3-18,27H,1-2H3,(H,31,33)(H,32,34). The molecule has 2 N–H and O–H groups in total. The van der Waals surface area contributed by atoms with Crippen LogP contribution < -0.4 is 10.6 Å². The van der Waals surface area contributed by atoms with Crippen molar-refractivity contribution in [2.45, 2.75) is 24.0 Å². The lowest BCUT2D eigenvalue weighted by molar-refractivity contribution is -0.115. The van der Waals surface area contributed by atoms with E-state index in [1.807, 2.05) is 92.7 Å². The maximum atomic E-state index is 13.3. The first kappa shape index (κ1) is 24.6. The van der Waals surface area contributed by atoms with Crippen LogP contribution in [-0.4, -0.2) is 11.8 Å². The van der Waals surface area contributed by atoms with Crippen LogP contribution in [0.3, 0.4) is 0 Å². The van der Waals surface area contributed by atoms with Crippen LogP contribution in [0.15, 0.2) is 102 Å². The Kier molecular flexibility index (Phi) is 7.91. The van der Waals surface area contributed by atoms with Gasteiger partial charge in [-0.3, -0.25) is 9.59 Å². The van der Waals surface area contributed by atoms with Gasteiger partial charge in [0.1, 0.15) is 5.25 Å². The third-order valence-corrected chi connectivity index (χ3v) is 7.13. The molecule has 0 saturated carbocycles. The number of hydrogen-bond acceptors (Lipinski definition) is 3. The molecule has 2 amide bonds. The van der Waals surface area contributed by atoms with Crippen molar-refractivity contribution in [3.8, 4) is 0 Å². The molecular weight excluding hydrogens is 476 g/mol. The van der Waals surface area contributed by atoms with Crippen molar-refractivity contribution < 1.29 is 9.59 Å².